The van der Waals surface area contributed by atoms with E-state index < -0.39 is 21.3 Å². The fraction of sp³-hybridized carbons (Fsp3) is 0.204. The van der Waals surface area contributed by atoms with Gasteiger partial charge in [-0.1, -0.05) is 0 Å². The fourth-order valence-corrected chi connectivity index (χ4v) is 19.7. The van der Waals surface area contributed by atoms with E-state index in [0.717, 1.165) is 0 Å². The Morgan fingerprint density at radius 3 is 1.55 bits per heavy atom. The van der Waals surface area contributed by atoms with Gasteiger partial charge in [0.25, 0.3) is 0 Å². The van der Waals surface area contributed by atoms with Crippen molar-refractivity contribution in [2.45, 2.75) is 66.5 Å². The van der Waals surface area contributed by atoms with Crippen LogP contribution in [0.1, 0.15) is 100 Å². The standard InChI is InChI=1S/C21H25.C20H15.C13H10.Zr/c1-20(2,3)16-7-9-18-14(12-16)11-15-13-17(21(4,5)6)8-10-19(15)18;1-14-12-16-8-5-11-19(20(16)13-14)18-10-4-7-15-6-2-3-9-17(15)18;1-3-7-12(8-4-1)11-13-9-5-2-6-10-13;/h7-13H,1-6H3;2-13H,1H3;1-10H;. The van der Waals surface area contributed by atoms with E-state index in [9.17, 15) is 0 Å². The molecule has 0 spiro atoms. The third kappa shape index (κ3) is 6.30. The quantitative estimate of drug-likeness (QED) is 0.163. The zero-order chi connectivity index (χ0) is 38.1. The summed E-state index contributed by atoms with van der Waals surface area (Å²) in [6.07, 6.45) is 2.57. The van der Waals surface area contributed by atoms with Crippen LogP contribution >= 0.6 is 0 Å². The van der Waals surface area contributed by atoms with Gasteiger partial charge in [0.05, 0.1) is 0 Å². The van der Waals surface area contributed by atoms with Crippen molar-refractivity contribution in [3.05, 3.63) is 208 Å². The molecule has 0 aliphatic heterocycles. The second-order valence-corrected chi connectivity index (χ2v) is 24.1. The monoisotopic (exact) mass is 788 g/mol. The summed E-state index contributed by atoms with van der Waals surface area (Å²) < 4.78 is 2.28. The van der Waals surface area contributed by atoms with Crippen molar-refractivity contribution < 1.29 is 21.3 Å². The molecule has 2 aliphatic rings. The Balaban J connectivity index is 1.40. The van der Waals surface area contributed by atoms with Gasteiger partial charge < -0.3 is 0 Å². The average Bonchev–Trinajstić information content (AvgIpc) is 3.70. The minimum atomic E-state index is -3.08. The normalized spacial score (nSPS) is 15.0. The van der Waals surface area contributed by atoms with Gasteiger partial charge >= 0.3 is 338 Å². The number of hydrogen-bond acceptors (Lipinski definition) is 0. The summed E-state index contributed by atoms with van der Waals surface area (Å²) >= 11 is -3.08. The Bertz CT molecular complexity index is 2550. The second kappa shape index (κ2) is 13.8. The Hall–Kier alpha value is -4.71. The summed E-state index contributed by atoms with van der Waals surface area (Å²) in [5.74, 6) is 0. The van der Waals surface area contributed by atoms with E-state index >= 15 is 0 Å². The first-order valence-corrected chi connectivity index (χ1v) is 24.0. The van der Waals surface area contributed by atoms with E-state index in [-0.39, 0.29) is 10.8 Å². The number of allylic oxidation sites excluding steroid dienone is 1. The van der Waals surface area contributed by atoms with E-state index in [1.54, 1.807) is 14.3 Å². The van der Waals surface area contributed by atoms with Crippen LogP contribution in [0.4, 0.5) is 0 Å². The van der Waals surface area contributed by atoms with Crippen LogP contribution in [-0.2, 0) is 32.1 Å². The van der Waals surface area contributed by atoms with Crippen LogP contribution in [-0.4, -0.2) is 3.21 Å². The third-order valence-corrected chi connectivity index (χ3v) is 21.4. The molecule has 55 heavy (non-hydrogen) atoms. The van der Waals surface area contributed by atoms with Crippen LogP contribution < -0.4 is 0 Å². The fourth-order valence-electron chi connectivity index (χ4n) is 9.35. The van der Waals surface area contributed by atoms with Crippen molar-refractivity contribution in [1.29, 1.82) is 0 Å². The number of benzene rings is 7. The van der Waals surface area contributed by atoms with Crippen molar-refractivity contribution in [2.24, 2.45) is 0 Å². The molecule has 7 aromatic carbocycles. The van der Waals surface area contributed by atoms with Gasteiger partial charge in [-0.3, -0.25) is 0 Å². The molecule has 1 atom stereocenters. The van der Waals surface area contributed by atoms with Crippen molar-refractivity contribution in [1.82, 2.24) is 0 Å². The molecular formula is C54H50Zr. The third-order valence-electron chi connectivity index (χ3n) is 12.1. The summed E-state index contributed by atoms with van der Waals surface area (Å²) in [4.78, 5) is 0. The van der Waals surface area contributed by atoms with E-state index in [1.165, 1.54) is 72.0 Å². The minimum absolute atomic E-state index is 0.0446. The second-order valence-electron chi connectivity index (χ2n) is 17.8. The molecule has 2 aliphatic carbocycles. The Labute approximate surface area is 335 Å². The molecule has 0 N–H and O–H groups in total. The SMILES string of the molecule is CC1=Cc2c(-c3cccc4ccccc34)cccc2[CH]1[Zr](=[C](c1ccccc1)c1ccccc1)[CH]1c2cc(C(C)(C)C)ccc2-c2ccc(C(C)(C)C)cc21. The molecule has 0 amide bonds. The van der Waals surface area contributed by atoms with Gasteiger partial charge in [0.2, 0.25) is 0 Å². The van der Waals surface area contributed by atoms with Gasteiger partial charge in [-0.2, -0.15) is 0 Å². The van der Waals surface area contributed by atoms with E-state index in [0.29, 0.717) is 7.25 Å². The molecule has 7 aromatic rings. The molecule has 1 unspecified atom stereocenters. The molecule has 9 rings (SSSR count). The number of fused-ring (bicyclic) bond motifs is 5. The van der Waals surface area contributed by atoms with E-state index in [1.807, 2.05) is 0 Å². The molecule has 0 saturated heterocycles. The van der Waals surface area contributed by atoms with E-state index in [4.69, 9.17) is 0 Å². The Kier molecular flexibility index (Phi) is 9.02. The molecule has 0 heterocycles. The summed E-state index contributed by atoms with van der Waals surface area (Å²) in [7, 11) is 0. The number of rotatable bonds is 5. The number of hydrogen-bond donors (Lipinski definition) is 0. The van der Waals surface area contributed by atoms with Gasteiger partial charge in [0.15, 0.2) is 0 Å². The van der Waals surface area contributed by atoms with Crippen molar-refractivity contribution in [2.75, 3.05) is 0 Å². The van der Waals surface area contributed by atoms with Crippen molar-refractivity contribution in [3.63, 3.8) is 0 Å². The van der Waals surface area contributed by atoms with Gasteiger partial charge in [-0.05, 0) is 0 Å². The van der Waals surface area contributed by atoms with Crippen LogP contribution in [0, 0.1) is 0 Å². The topological polar surface area (TPSA) is 0 Å². The van der Waals surface area contributed by atoms with E-state index in [2.05, 4.69) is 212 Å². The Morgan fingerprint density at radius 1 is 0.455 bits per heavy atom. The molecule has 1 heteroatoms. The first-order chi connectivity index (χ1) is 26.5. The molecule has 0 nitrogen and oxygen atoms in total. The molecule has 0 saturated carbocycles. The summed E-state index contributed by atoms with van der Waals surface area (Å²) in [6, 6.07) is 60.7. The van der Waals surface area contributed by atoms with Gasteiger partial charge in [0, 0.05) is 0 Å². The van der Waals surface area contributed by atoms with Crippen LogP contribution in [0.25, 0.3) is 39.1 Å². The zero-order valence-electron chi connectivity index (χ0n) is 33.2. The molecular weight excluding hydrogens is 740 g/mol. The van der Waals surface area contributed by atoms with Gasteiger partial charge in [-0.15, -0.1) is 0 Å². The Morgan fingerprint density at radius 2 is 0.964 bits per heavy atom. The zero-order valence-corrected chi connectivity index (χ0v) is 35.7. The summed E-state index contributed by atoms with van der Waals surface area (Å²) in [6.45, 7) is 16.6. The first kappa shape index (κ1) is 36.0. The maximum atomic E-state index is 2.62. The molecule has 0 radical (unpaired) electrons. The van der Waals surface area contributed by atoms with Crippen LogP contribution in [0.5, 0.6) is 0 Å². The summed E-state index contributed by atoms with van der Waals surface area (Å²) in [5, 5.41) is 2.60. The molecule has 0 fully saturated rings. The van der Waals surface area contributed by atoms with Crippen molar-refractivity contribution in [3.8, 4) is 22.3 Å². The maximum absolute atomic E-state index is 3.08. The van der Waals surface area contributed by atoms with Crippen LogP contribution in [0.15, 0.2) is 163 Å². The van der Waals surface area contributed by atoms with Gasteiger partial charge in [-0.25, -0.2) is 0 Å². The molecule has 0 aromatic heterocycles. The van der Waals surface area contributed by atoms with Crippen molar-refractivity contribution >= 4 is 20.1 Å². The van der Waals surface area contributed by atoms with Gasteiger partial charge in [0.1, 0.15) is 0 Å². The van der Waals surface area contributed by atoms with Crippen LogP contribution in [0.3, 0.4) is 0 Å². The predicted octanol–water partition coefficient (Wildman–Crippen LogP) is 14.2. The predicted molar refractivity (Wildman–Crippen MR) is 233 cm³/mol. The summed E-state index contributed by atoms with van der Waals surface area (Å²) in [5.41, 5.74) is 18.7. The average molecular weight is 790 g/mol. The first-order valence-electron chi connectivity index (χ1n) is 19.9. The van der Waals surface area contributed by atoms with Crippen LogP contribution in [0.2, 0.25) is 0 Å². The molecule has 0 bridgehead atoms. The molecule has 270 valence electrons.